The number of benzene rings is 1. The molecule has 1 aromatic rings. The number of unbranched alkanes of at least 4 members (excludes halogenated alkanes) is 5. The Balaban J connectivity index is 1.96. The summed E-state index contributed by atoms with van der Waals surface area (Å²) >= 11 is 0. The third-order valence-corrected chi connectivity index (χ3v) is 2.99. The van der Waals surface area contributed by atoms with E-state index in [9.17, 15) is 4.79 Å². The Morgan fingerprint density at radius 3 is 2.47 bits per heavy atom. The van der Waals surface area contributed by atoms with Crippen molar-refractivity contribution in [1.29, 1.82) is 0 Å². The van der Waals surface area contributed by atoms with E-state index in [-0.39, 0.29) is 5.91 Å². The molecule has 1 aromatic carbocycles. The second-order valence-electron chi connectivity index (χ2n) is 4.80. The molecule has 0 atom stereocenters. The Hall–Kier alpha value is -1.35. The summed E-state index contributed by atoms with van der Waals surface area (Å²) < 4.78 is 0. The molecule has 0 bridgehead atoms. The van der Waals surface area contributed by atoms with Crippen molar-refractivity contribution >= 4 is 5.91 Å². The molecule has 0 unspecified atom stereocenters. The molecule has 0 aliphatic rings. The van der Waals surface area contributed by atoms with Gasteiger partial charge in [-0.2, -0.15) is 0 Å². The van der Waals surface area contributed by atoms with E-state index >= 15 is 0 Å². The molecule has 0 radical (unpaired) electrons. The summed E-state index contributed by atoms with van der Waals surface area (Å²) in [5.74, 6) is -0.0859. The van der Waals surface area contributed by atoms with Gasteiger partial charge in [0.25, 0.3) is 0 Å². The average Bonchev–Trinajstić information content (AvgIpc) is 2.43. The number of hydroxylamine groups is 1. The van der Waals surface area contributed by atoms with Crippen LogP contribution in [0.5, 0.6) is 0 Å². The first-order valence-corrected chi connectivity index (χ1v) is 7.27. The van der Waals surface area contributed by atoms with Crippen molar-refractivity contribution in [3.63, 3.8) is 0 Å². The van der Waals surface area contributed by atoms with E-state index in [1.165, 1.54) is 32.1 Å². The quantitative estimate of drug-likeness (QED) is 0.517. The predicted molar refractivity (Wildman–Crippen MR) is 77.6 cm³/mol. The fraction of sp³-hybridized carbons (Fsp3) is 0.562. The van der Waals surface area contributed by atoms with Crippen molar-refractivity contribution in [1.82, 2.24) is 5.48 Å². The Labute approximate surface area is 116 Å². The highest BCUT2D eigenvalue weighted by Crippen LogP contribution is 2.04. The van der Waals surface area contributed by atoms with Gasteiger partial charge in [0.05, 0.1) is 13.0 Å². The van der Waals surface area contributed by atoms with Crippen LogP contribution in [0.1, 0.15) is 51.0 Å². The number of rotatable bonds is 10. The fourth-order valence-corrected chi connectivity index (χ4v) is 1.90. The normalized spacial score (nSPS) is 10.4. The topological polar surface area (TPSA) is 38.3 Å². The van der Waals surface area contributed by atoms with Crippen LogP contribution in [0.4, 0.5) is 0 Å². The highest BCUT2D eigenvalue weighted by Gasteiger charge is 2.02. The number of hydrogen-bond acceptors (Lipinski definition) is 2. The molecule has 1 amide bonds. The molecule has 19 heavy (non-hydrogen) atoms. The molecule has 3 heteroatoms. The summed E-state index contributed by atoms with van der Waals surface area (Å²) in [6.45, 7) is 2.82. The molecule has 0 aromatic heterocycles. The van der Waals surface area contributed by atoms with Crippen molar-refractivity contribution in [3.8, 4) is 0 Å². The van der Waals surface area contributed by atoms with Gasteiger partial charge >= 0.3 is 0 Å². The lowest BCUT2D eigenvalue weighted by atomic mass is 10.1. The summed E-state index contributed by atoms with van der Waals surface area (Å²) in [6, 6.07) is 9.68. The second-order valence-corrected chi connectivity index (χ2v) is 4.80. The maximum absolute atomic E-state index is 11.6. The zero-order valence-corrected chi connectivity index (χ0v) is 11.9. The summed E-state index contributed by atoms with van der Waals surface area (Å²) in [7, 11) is 0. The number of carbonyl (C=O) groups excluding carboxylic acids is 1. The Morgan fingerprint density at radius 2 is 1.74 bits per heavy atom. The van der Waals surface area contributed by atoms with Crippen LogP contribution in [0.15, 0.2) is 30.3 Å². The molecular formula is C16H25NO2. The zero-order chi connectivity index (χ0) is 13.8. The van der Waals surface area contributed by atoms with Gasteiger partial charge in [-0.1, -0.05) is 69.4 Å². The molecular weight excluding hydrogens is 238 g/mol. The first-order chi connectivity index (χ1) is 9.33. The zero-order valence-electron chi connectivity index (χ0n) is 11.9. The van der Waals surface area contributed by atoms with E-state index in [1.807, 2.05) is 30.3 Å². The van der Waals surface area contributed by atoms with Crippen molar-refractivity contribution in [2.45, 2.75) is 51.9 Å². The molecule has 106 valence electrons. The van der Waals surface area contributed by atoms with Crippen molar-refractivity contribution < 1.29 is 9.63 Å². The van der Waals surface area contributed by atoms with Crippen molar-refractivity contribution in [2.24, 2.45) is 0 Å². The van der Waals surface area contributed by atoms with Gasteiger partial charge in [-0.25, -0.2) is 5.48 Å². The van der Waals surface area contributed by atoms with Crippen LogP contribution < -0.4 is 5.48 Å². The first kappa shape index (κ1) is 15.7. The molecule has 3 nitrogen and oxygen atoms in total. The van der Waals surface area contributed by atoms with Gasteiger partial charge in [-0.15, -0.1) is 0 Å². The number of hydrogen-bond donors (Lipinski definition) is 1. The minimum absolute atomic E-state index is 0.0859. The summed E-state index contributed by atoms with van der Waals surface area (Å²) in [4.78, 5) is 16.7. The van der Waals surface area contributed by atoms with E-state index in [4.69, 9.17) is 4.84 Å². The monoisotopic (exact) mass is 263 g/mol. The van der Waals surface area contributed by atoms with Crippen LogP contribution in [-0.2, 0) is 16.1 Å². The van der Waals surface area contributed by atoms with E-state index in [2.05, 4.69) is 12.4 Å². The SMILES string of the molecule is CCCCCCCCONC(=O)Cc1ccccc1. The minimum Gasteiger partial charge on any atom is -0.274 e. The third-order valence-electron chi connectivity index (χ3n) is 2.99. The third kappa shape index (κ3) is 8.38. The molecule has 1 N–H and O–H groups in total. The summed E-state index contributed by atoms with van der Waals surface area (Å²) in [5.41, 5.74) is 3.50. The lowest BCUT2D eigenvalue weighted by Gasteiger charge is -2.06. The van der Waals surface area contributed by atoms with Crippen LogP contribution in [0.25, 0.3) is 0 Å². The van der Waals surface area contributed by atoms with Crippen molar-refractivity contribution in [3.05, 3.63) is 35.9 Å². The Kier molecular flexibility index (Phi) is 8.73. The number of nitrogens with one attached hydrogen (secondary N) is 1. The smallest absolute Gasteiger partial charge is 0.247 e. The van der Waals surface area contributed by atoms with Gasteiger partial charge in [-0.05, 0) is 12.0 Å². The lowest BCUT2D eigenvalue weighted by Crippen LogP contribution is -2.25. The standard InChI is InChI=1S/C16H25NO2/c1-2-3-4-5-6-10-13-19-17-16(18)14-15-11-8-7-9-12-15/h7-9,11-12H,2-6,10,13-14H2,1H3,(H,17,18). The maximum Gasteiger partial charge on any atom is 0.247 e. The molecule has 1 rings (SSSR count). The van der Waals surface area contributed by atoms with Crippen molar-refractivity contribution in [2.75, 3.05) is 6.61 Å². The maximum atomic E-state index is 11.6. The molecule has 0 fully saturated rings. The molecule has 0 heterocycles. The van der Waals surface area contributed by atoms with E-state index < -0.39 is 0 Å². The molecule has 0 saturated heterocycles. The Bertz CT molecular complexity index is 338. The number of carbonyl (C=O) groups is 1. The first-order valence-electron chi connectivity index (χ1n) is 7.27. The van der Waals surface area contributed by atoms with Gasteiger partial charge in [0.15, 0.2) is 0 Å². The predicted octanol–water partition coefficient (Wildman–Crippen LogP) is 3.64. The molecule has 0 saturated carbocycles. The fourth-order valence-electron chi connectivity index (χ4n) is 1.90. The minimum atomic E-state index is -0.0859. The highest BCUT2D eigenvalue weighted by atomic mass is 16.6. The van der Waals surface area contributed by atoms with Gasteiger partial charge in [0, 0.05) is 0 Å². The van der Waals surface area contributed by atoms with Gasteiger partial charge in [0.2, 0.25) is 5.91 Å². The van der Waals surface area contributed by atoms with Gasteiger partial charge in [-0.3, -0.25) is 9.63 Å². The molecule has 0 aliphatic heterocycles. The average molecular weight is 263 g/mol. The highest BCUT2D eigenvalue weighted by molar-refractivity contribution is 5.77. The Morgan fingerprint density at radius 1 is 1.05 bits per heavy atom. The van der Waals surface area contributed by atoms with Gasteiger partial charge in [0.1, 0.15) is 0 Å². The van der Waals surface area contributed by atoms with E-state index in [0.29, 0.717) is 13.0 Å². The van der Waals surface area contributed by atoms with Crippen LogP contribution in [0, 0.1) is 0 Å². The molecule has 0 spiro atoms. The molecule has 0 aliphatic carbocycles. The van der Waals surface area contributed by atoms with Crippen LogP contribution >= 0.6 is 0 Å². The number of amides is 1. The van der Waals surface area contributed by atoms with E-state index in [0.717, 1.165) is 12.0 Å². The van der Waals surface area contributed by atoms with Crippen LogP contribution in [-0.4, -0.2) is 12.5 Å². The van der Waals surface area contributed by atoms with Crippen LogP contribution in [0.3, 0.4) is 0 Å². The van der Waals surface area contributed by atoms with E-state index in [1.54, 1.807) is 0 Å². The largest absolute Gasteiger partial charge is 0.274 e. The summed E-state index contributed by atoms with van der Waals surface area (Å²) in [5, 5.41) is 0. The van der Waals surface area contributed by atoms with Gasteiger partial charge < -0.3 is 0 Å². The second kappa shape index (κ2) is 10.6. The van der Waals surface area contributed by atoms with Crippen LogP contribution in [0.2, 0.25) is 0 Å². The summed E-state index contributed by atoms with van der Waals surface area (Å²) in [6.07, 6.45) is 7.70. The lowest BCUT2D eigenvalue weighted by molar-refractivity contribution is -0.132.